The molecule has 120 valence electrons. The molecule has 0 N–H and O–H groups in total. The molecule has 0 unspecified atom stereocenters. The highest BCUT2D eigenvalue weighted by atomic mass is 32.1. The predicted molar refractivity (Wildman–Crippen MR) is 90.5 cm³/mol. The molecule has 4 aromatic rings. The van der Waals surface area contributed by atoms with Crippen LogP contribution in [0, 0.1) is 0 Å². The van der Waals surface area contributed by atoms with Gasteiger partial charge in [0.1, 0.15) is 12.9 Å². The average Bonchev–Trinajstić information content (AvgIpc) is 3.28. The molecule has 4 rings (SSSR count). The number of carbonyl (C=O) groups is 1. The van der Waals surface area contributed by atoms with Crippen molar-refractivity contribution in [1.82, 2.24) is 14.6 Å². The van der Waals surface area contributed by atoms with Gasteiger partial charge in [-0.2, -0.15) is 5.10 Å². The van der Waals surface area contributed by atoms with Crippen LogP contribution in [-0.4, -0.2) is 27.7 Å². The number of ether oxygens (including phenoxy) is 2. The van der Waals surface area contributed by atoms with Gasteiger partial charge in [0.15, 0.2) is 17.1 Å². The lowest BCUT2D eigenvalue weighted by Crippen LogP contribution is -2.12. The molecule has 6 nitrogen and oxygen atoms in total. The zero-order valence-electron chi connectivity index (χ0n) is 12.8. The number of pyridine rings is 1. The average molecular weight is 339 g/mol. The van der Waals surface area contributed by atoms with E-state index in [-0.39, 0.29) is 5.69 Å². The highest BCUT2D eigenvalue weighted by molar-refractivity contribution is 7.17. The molecule has 1 aromatic carbocycles. The molecule has 7 heteroatoms. The summed E-state index contributed by atoms with van der Waals surface area (Å²) in [4.78, 5) is 16.6. The maximum absolute atomic E-state index is 12.3. The molecule has 0 aliphatic rings. The van der Waals surface area contributed by atoms with Crippen molar-refractivity contribution >= 4 is 33.0 Å². The van der Waals surface area contributed by atoms with Crippen molar-refractivity contribution in [3.05, 3.63) is 59.4 Å². The monoisotopic (exact) mass is 339 g/mol. The molecule has 0 bridgehead atoms. The Hall–Kier alpha value is -2.93. The molecule has 0 radical (unpaired) electrons. The number of rotatable bonds is 4. The quantitative estimate of drug-likeness (QED) is 0.534. The summed E-state index contributed by atoms with van der Waals surface area (Å²) in [6.07, 6.45) is 1.42. The summed E-state index contributed by atoms with van der Waals surface area (Å²) in [6.45, 7) is 0.345. The van der Waals surface area contributed by atoms with Crippen LogP contribution >= 0.6 is 11.3 Å². The summed E-state index contributed by atoms with van der Waals surface area (Å²) < 4.78 is 13.3. The van der Waals surface area contributed by atoms with Gasteiger partial charge in [-0.3, -0.25) is 0 Å². The maximum atomic E-state index is 12.3. The first-order chi connectivity index (χ1) is 11.8. The standard InChI is InChI=1S/C17H13N3O3S/c1-22-17(21)13-14(23-9-11-5-3-2-4-6-11)15-12(7-8-24-15)16-18-10-19-20(13)16/h2-8,10H,9H2,1H3. The van der Waals surface area contributed by atoms with E-state index in [4.69, 9.17) is 9.47 Å². The predicted octanol–water partition coefficient (Wildman–Crippen LogP) is 3.31. The summed E-state index contributed by atoms with van der Waals surface area (Å²) in [5.41, 5.74) is 1.87. The number of fused-ring (bicyclic) bond motifs is 3. The molecule has 0 amide bonds. The van der Waals surface area contributed by atoms with E-state index in [1.165, 1.54) is 29.3 Å². The van der Waals surface area contributed by atoms with Gasteiger partial charge in [0, 0.05) is 5.39 Å². The van der Waals surface area contributed by atoms with Crippen molar-refractivity contribution < 1.29 is 14.3 Å². The first kappa shape index (κ1) is 14.6. The lowest BCUT2D eigenvalue weighted by atomic mass is 10.2. The van der Waals surface area contributed by atoms with Crippen LogP contribution in [0.4, 0.5) is 0 Å². The second kappa shape index (κ2) is 5.93. The number of nitrogens with zero attached hydrogens (tertiary/aromatic N) is 3. The molecule has 3 heterocycles. The minimum Gasteiger partial charge on any atom is -0.485 e. The van der Waals surface area contributed by atoms with Crippen molar-refractivity contribution in [2.45, 2.75) is 6.61 Å². The number of hydrogen-bond donors (Lipinski definition) is 0. The minimum absolute atomic E-state index is 0.246. The third-order valence-electron chi connectivity index (χ3n) is 3.69. The van der Waals surface area contributed by atoms with Crippen LogP contribution in [0.15, 0.2) is 48.1 Å². The topological polar surface area (TPSA) is 65.7 Å². The van der Waals surface area contributed by atoms with Crippen LogP contribution in [0.3, 0.4) is 0 Å². The number of thiophene rings is 1. The number of carbonyl (C=O) groups excluding carboxylic acids is 1. The van der Waals surface area contributed by atoms with Crippen molar-refractivity contribution in [3.63, 3.8) is 0 Å². The Balaban J connectivity index is 1.90. The van der Waals surface area contributed by atoms with Gasteiger partial charge in [-0.1, -0.05) is 30.3 Å². The molecule has 24 heavy (non-hydrogen) atoms. The molecule has 0 saturated heterocycles. The van der Waals surface area contributed by atoms with Crippen molar-refractivity contribution in [2.24, 2.45) is 0 Å². The first-order valence-electron chi connectivity index (χ1n) is 7.27. The van der Waals surface area contributed by atoms with Crippen LogP contribution < -0.4 is 4.74 Å². The highest BCUT2D eigenvalue weighted by Crippen LogP contribution is 2.37. The Kier molecular flexibility index (Phi) is 3.62. The lowest BCUT2D eigenvalue weighted by Gasteiger charge is -2.13. The van der Waals surface area contributed by atoms with E-state index in [1.54, 1.807) is 0 Å². The van der Waals surface area contributed by atoms with E-state index in [2.05, 4.69) is 10.1 Å². The summed E-state index contributed by atoms with van der Waals surface area (Å²) in [5.74, 6) is -0.0439. The van der Waals surface area contributed by atoms with E-state index in [0.717, 1.165) is 15.6 Å². The van der Waals surface area contributed by atoms with Crippen molar-refractivity contribution in [1.29, 1.82) is 0 Å². The van der Waals surface area contributed by atoms with E-state index in [1.807, 2.05) is 41.8 Å². The van der Waals surface area contributed by atoms with Crippen molar-refractivity contribution in [2.75, 3.05) is 7.11 Å². The number of hydrogen-bond acceptors (Lipinski definition) is 6. The molecule has 0 aliphatic carbocycles. The summed E-state index contributed by atoms with van der Waals surface area (Å²) in [7, 11) is 1.34. The van der Waals surface area contributed by atoms with Gasteiger partial charge in [0.05, 0.1) is 11.8 Å². The Morgan fingerprint density at radius 3 is 2.88 bits per heavy atom. The second-order valence-electron chi connectivity index (χ2n) is 5.10. The van der Waals surface area contributed by atoms with Gasteiger partial charge in [-0.15, -0.1) is 11.3 Å². The fourth-order valence-corrected chi connectivity index (χ4v) is 3.48. The SMILES string of the molecule is COC(=O)c1c(OCc2ccccc2)c2sccc2c2ncnn12. The first-order valence-corrected chi connectivity index (χ1v) is 8.15. The van der Waals surface area contributed by atoms with E-state index in [9.17, 15) is 4.79 Å². The Morgan fingerprint density at radius 1 is 1.25 bits per heavy atom. The fourth-order valence-electron chi connectivity index (χ4n) is 2.59. The Labute approximate surface area is 141 Å². The Morgan fingerprint density at radius 2 is 2.08 bits per heavy atom. The molecule has 3 aromatic heterocycles. The zero-order chi connectivity index (χ0) is 16.5. The highest BCUT2D eigenvalue weighted by Gasteiger charge is 2.24. The van der Waals surface area contributed by atoms with Crippen LogP contribution in [0.25, 0.3) is 15.7 Å². The maximum Gasteiger partial charge on any atom is 0.360 e. The van der Waals surface area contributed by atoms with Gasteiger partial charge < -0.3 is 9.47 Å². The molecule has 0 spiro atoms. The molecular weight excluding hydrogens is 326 g/mol. The number of methoxy groups -OCH3 is 1. The molecule has 0 atom stereocenters. The van der Waals surface area contributed by atoms with Gasteiger partial charge in [0.2, 0.25) is 0 Å². The second-order valence-corrected chi connectivity index (χ2v) is 6.02. The number of esters is 1. The number of benzene rings is 1. The van der Waals surface area contributed by atoms with Crippen LogP contribution in [0.2, 0.25) is 0 Å². The third-order valence-corrected chi connectivity index (χ3v) is 4.60. The van der Waals surface area contributed by atoms with Gasteiger partial charge >= 0.3 is 5.97 Å². The zero-order valence-corrected chi connectivity index (χ0v) is 13.6. The fraction of sp³-hybridized carbons (Fsp3) is 0.118. The molecule has 0 saturated carbocycles. The van der Waals surface area contributed by atoms with E-state index in [0.29, 0.717) is 18.0 Å². The summed E-state index contributed by atoms with van der Waals surface area (Å²) >= 11 is 1.50. The van der Waals surface area contributed by atoms with Crippen LogP contribution in [-0.2, 0) is 11.3 Å². The summed E-state index contributed by atoms with van der Waals surface area (Å²) in [5, 5.41) is 7.00. The molecular formula is C17H13N3O3S. The Bertz CT molecular complexity index is 1020. The summed E-state index contributed by atoms with van der Waals surface area (Å²) in [6, 6.07) is 11.7. The molecule has 0 fully saturated rings. The lowest BCUT2D eigenvalue weighted by molar-refractivity contribution is 0.0585. The van der Waals surface area contributed by atoms with Gasteiger partial charge in [0.25, 0.3) is 0 Å². The normalized spacial score (nSPS) is 11.0. The third kappa shape index (κ3) is 2.30. The van der Waals surface area contributed by atoms with Gasteiger partial charge in [-0.05, 0) is 17.0 Å². The minimum atomic E-state index is -0.510. The van der Waals surface area contributed by atoms with Crippen LogP contribution in [0.5, 0.6) is 5.75 Å². The van der Waals surface area contributed by atoms with Crippen molar-refractivity contribution in [3.8, 4) is 5.75 Å². The smallest absolute Gasteiger partial charge is 0.360 e. The van der Waals surface area contributed by atoms with Gasteiger partial charge in [-0.25, -0.2) is 14.3 Å². The van der Waals surface area contributed by atoms with E-state index < -0.39 is 5.97 Å². The largest absolute Gasteiger partial charge is 0.485 e. The number of aromatic nitrogens is 3. The molecule has 0 aliphatic heterocycles. The van der Waals surface area contributed by atoms with E-state index >= 15 is 0 Å². The van der Waals surface area contributed by atoms with Crippen LogP contribution in [0.1, 0.15) is 16.1 Å².